The molecule has 1 N–H and O–H groups in total. The van der Waals surface area contributed by atoms with E-state index in [0.717, 1.165) is 45.0 Å². The number of benzene rings is 3. The van der Waals surface area contributed by atoms with Gasteiger partial charge < -0.3 is 4.74 Å². The number of nitrogens with one attached hydrogen (secondary N) is 1. The molecule has 5 rings (SSSR count). The Morgan fingerprint density at radius 3 is 2.47 bits per heavy atom. The zero-order valence-electron chi connectivity index (χ0n) is 17.2. The van der Waals surface area contributed by atoms with Crippen LogP contribution in [-0.4, -0.2) is 15.2 Å². The molecule has 0 fully saturated rings. The van der Waals surface area contributed by atoms with Crippen LogP contribution in [0.25, 0.3) is 33.6 Å². The third kappa shape index (κ3) is 4.27. The van der Waals surface area contributed by atoms with Gasteiger partial charge in [-0.15, -0.1) is 0 Å². The minimum atomic E-state index is -0.268. The summed E-state index contributed by atoms with van der Waals surface area (Å²) < 4.78 is 19.3. The van der Waals surface area contributed by atoms with Gasteiger partial charge in [0, 0.05) is 22.9 Å². The average molecular weight is 421 g/mol. The number of ether oxygens (including phenoxy) is 1. The summed E-state index contributed by atoms with van der Waals surface area (Å²) in [6.07, 6.45) is 3.56. The lowest BCUT2D eigenvalue weighted by molar-refractivity contribution is 0.306. The predicted molar refractivity (Wildman–Crippen MR) is 123 cm³/mol. The van der Waals surface area contributed by atoms with Gasteiger partial charge in [-0.05, 0) is 59.7 Å². The molecule has 0 saturated carbocycles. The van der Waals surface area contributed by atoms with Crippen molar-refractivity contribution in [1.82, 2.24) is 15.2 Å². The molecule has 2 aromatic heterocycles. The molecule has 0 spiro atoms. The zero-order valence-corrected chi connectivity index (χ0v) is 17.2. The molecule has 0 saturated heterocycles. The molecule has 3 aromatic carbocycles. The number of rotatable bonds is 6. The van der Waals surface area contributed by atoms with Crippen LogP contribution in [-0.2, 0) is 6.61 Å². The maximum absolute atomic E-state index is 13.3. The van der Waals surface area contributed by atoms with Crippen LogP contribution < -0.4 is 4.74 Å². The normalized spacial score (nSPS) is 10.8. The number of aromatic amines is 1. The van der Waals surface area contributed by atoms with Crippen LogP contribution in [0, 0.1) is 5.82 Å². The first-order valence-corrected chi connectivity index (χ1v) is 10.3. The van der Waals surface area contributed by atoms with Crippen molar-refractivity contribution in [3.63, 3.8) is 0 Å². The lowest BCUT2D eigenvalue weighted by Crippen LogP contribution is -1.95. The van der Waals surface area contributed by atoms with E-state index < -0.39 is 0 Å². The summed E-state index contributed by atoms with van der Waals surface area (Å²) >= 11 is 0. The summed E-state index contributed by atoms with van der Waals surface area (Å²) in [4.78, 5) is 4.44. The van der Waals surface area contributed by atoms with Gasteiger partial charge in [-0.2, -0.15) is 5.10 Å². The molecular formula is C27H20FN3O. The van der Waals surface area contributed by atoms with E-state index in [1.165, 1.54) is 12.1 Å². The monoisotopic (exact) mass is 421 g/mol. The molecule has 2 heterocycles. The van der Waals surface area contributed by atoms with Gasteiger partial charge in [0.2, 0.25) is 0 Å². The van der Waals surface area contributed by atoms with Crippen LogP contribution in [0.1, 0.15) is 5.56 Å². The smallest absolute Gasteiger partial charge is 0.123 e. The lowest BCUT2D eigenvalue weighted by atomic mass is 10.0. The minimum Gasteiger partial charge on any atom is -0.489 e. The van der Waals surface area contributed by atoms with E-state index in [0.29, 0.717) is 6.61 Å². The highest BCUT2D eigenvalue weighted by molar-refractivity contribution is 5.82. The molecule has 0 unspecified atom stereocenters. The van der Waals surface area contributed by atoms with E-state index in [9.17, 15) is 4.39 Å². The first kappa shape index (κ1) is 19.7. The van der Waals surface area contributed by atoms with Gasteiger partial charge in [0.15, 0.2) is 0 Å². The van der Waals surface area contributed by atoms with Gasteiger partial charge in [-0.25, -0.2) is 4.39 Å². The largest absolute Gasteiger partial charge is 0.489 e. The Labute approximate surface area is 185 Å². The molecule has 156 valence electrons. The zero-order chi connectivity index (χ0) is 21.8. The summed E-state index contributed by atoms with van der Waals surface area (Å²) in [5.74, 6) is 0.523. The molecule has 0 amide bonds. The van der Waals surface area contributed by atoms with Crippen LogP contribution >= 0.6 is 0 Å². The van der Waals surface area contributed by atoms with Gasteiger partial charge in [0.25, 0.3) is 0 Å². The molecular weight excluding hydrogens is 401 g/mol. The second-order valence-corrected chi connectivity index (χ2v) is 7.40. The Morgan fingerprint density at radius 1 is 0.781 bits per heavy atom. The molecule has 4 nitrogen and oxygen atoms in total. The highest BCUT2D eigenvalue weighted by Crippen LogP contribution is 2.33. The van der Waals surface area contributed by atoms with Gasteiger partial charge >= 0.3 is 0 Å². The molecule has 0 aliphatic rings. The van der Waals surface area contributed by atoms with E-state index in [1.807, 2.05) is 72.9 Å². The first-order chi connectivity index (χ1) is 15.8. The van der Waals surface area contributed by atoms with E-state index in [4.69, 9.17) is 4.74 Å². The third-order valence-corrected chi connectivity index (χ3v) is 5.22. The van der Waals surface area contributed by atoms with Crippen molar-refractivity contribution in [2.75, 3.05) is 0 Å². The number of nitrogens with zero attached hydrogens (tertiary/aromatic N) is 2. The van der Waals surface area contributed by atoms with E-state index in [1.54, 1.807) is 18.3 Å². The lowest BCUT2D eigenvalue weighted by Gasteiger charge is -2.09. The molecule has 5 aromatic rings. The Kier molecular flexibility index (Phi) is 5.45. The maximum atomic E-state index is 13.3. The standard InChI is InChI=1S/C27H20FN3O/c28-23-11-9-20(10-12-23)26-16-22(13-14-29-26)27-25(17-30-31-27)21-7-4-8-24(15-21)32-18-19-5-2-1-3-6-19/h1-17H,18H2,(H,30,31). The summed E-state index contributed by atoms with van der Waals surface area (Å²) in [6.45, 7) is 0.508. The summed E-state index contributed by atoms with van der Waals surface area (Å²) in [7, 11) is 0. The second-order valence-electron chi connectivity index (χ2n) is 7.40. The van der Waals surface area contributed by atoms with Gasteiger partial charge in [0.05, 0.1) is 17.6 Å². The van der Waals surface area contributed by atoms with Crippen molar-refractivity contribution in [3.8, 4) is 39.4 Å². The molecule has 0 atom stereocenters. The summed E-state index contributed by atoms with van der Waals surface area (Å²) in [5, 5.41) is 7.38. The topological polar surface area (TPSA) is 50.8 Å². The van der Waals surface area contributed by atoms with Crippen LogP contribution in [0.15, 0.2) is 103 Å². The second kappa shape index (κ2) is 8.86. The number of hydrogen-bond donors (Lipinski definition) is 1. The molecule has 0 aliphatic heterocycles. The summed E-state index contributed by atoms with van der Waals surface area (Å²) in [6, 6.07) is 28.3. The van der Waals surface area contributed by atoms with Crippen molar-refractivity contribution >= 4 is 0 Å². The Balaban J connectivity index is 1.43. The maximum Gasteiger partial charge on any atom is 0.123 e. The van der Waals surface area contributed by atoms with Gasteiger partial charge in [-0.1, -0.05) is 42.5 Å². The van der Waals surface area contributed by atoms with Crippen LogP contribution in [0.5, 0.6) is 5.75 Å². The fourth-order valence-corrected chi connectivity index (χ4v) is 3.58. The highest BCUT2D eigenvalue weighted by atomic mass is 19.1. The van der Waals surface area contributed by atoms with Crippen molar-refractivity contribution in [2.24, 2.45) is 0 Å². The summed E-state index contributed by atoms with van der Waals surface area (Å²) in [5.41, 5.74) is 6.53. The Bertz CT molecular complexity index is 1330. The third-order valence-electron chi connectivity index (χ3n) is 5.22. The van der Waals surface area contributed by atoms with Gasteiger partial charge in [0.1, 0.15) is 18.2 Å². The average Bonchev–Trinajstić information content (AvgIpc) is 3.34. The van der Waals surface area contributed by atoms with E-state index >= 15 is 0 Å². The van der Waals surface area contributed by atoms with Crippen LogP contribution in [0.2, 0.25) is 0 Å². The number of hydrogen-bond acceptors (Lipinski definition) is 3. The highest BCUT2D eigenvalue weighted by Gasteiger charge is 2.12. The molecule has 0 bridgehead atoms. The Hall–Kier alpha value is -4.25. The Morgan fingerprint density at radius 2 is 1.62 bits per heavy atom. The number of halogens is 1. The molecule has 5 heteroatoms. The molecule has 0 radical (unpaired) electrons. The number of H-pyrrole nitrogens is 1. The van der Waals surface area contributed by atoms with Crippen molar-refractivity contribution < 1.29 is 9.13 Å². The number of pyridine rings is 1. The van der Waals surface area contributed by atoms with E-state index in [2.05, 4.69) is 15.2 Å². The van der Waals surface area contributed by atoms with Crippen molar-refractivity contribution in [1.29, 1.82) is 0 Å². The van der Waals surface area contributed by atoms with Crippen LogP contribution in [0.3, 0.4) is 0 Å². The fourth-order valence-electron chi connectivity index (χ4n) is 3.58. The van der Waals surface area contributed by atoms with E-state index in [-0.39, 0.29) is 5.82 Å². The predicted octanol–water partition coefficient (Wildman–Crippen LogP) is 6.52. The van der Waals surface area contributed by atoms with Crippen molar-refractivity contribution in [3.05, 3.63) is 115 Å². The van der Waals surface area contributed by atoms with Gasteiger partial charge in [-0.3, -0.25) is 10.1 Å². The molecule has 0 aliphatic carbocycles. The quantitative estimate of drug-likeness (QED) is 0.339. The van der Waals surface area contributed by atoms with Crippen molar-refractivity contribution in [2.45, 2.75) is 6.61 Å². The first-order valence-electron chi connectivity index (χ1n) is 10.3. The minimum absolute atomic E-state index is 0.268. The molecule has 32 heavy (non-hydrogen) atoms. The SMILES string of the molecule is Fc1ccc(-c2cc(-c3[nH]ncc3-c3cccc(OCc4ccccc4)c3)ccn2)cc1. The number of aromatic nitrogens is 3. The van der Waals surface area contributed by atoms with Crippen LogP contribution in [0.4, 0.5) is 4.39 Å². The fraction of sp³-hybridized carbons (Fsp3) is 0.0370.